The molecule has 1 aromatic carbocycles. The van der Waals surface area contributed by atoms with Crippen molar-refractivity contribution in [2.24, 2.45) is 0 Å². The highest BCUT2D eigenvalue weighted by Crippen LogP contribution is 2.13. The van der Waals surface area contributed by atoms with E-state index in [9.17, 15) is 9.59 Å². The van der Waals surface area contributed by atoms with Gasteiger partial charge in [0.15, 0.2) is 0 Å². The summed E-state index contributed by atoms with van der Waals surface area (Å²) in [6.07, 6.45) is 3.47. The third-order valence-corrected chi connectivity index (χ3v) is 4.41. The second-order valence-electron chi connectivity index (χ2n) is 6.26. The van der Waals surface area contributed by atoms with Crippen LogP contribution in [0.25, 0.3) is 0 Å². The van der Waals surface area contributed by atoms with Gasteiger partial charge in [-0.1, -0.05) is 24.3 Å². The molecule has 1 aromatic heterocycles. The third kappa shape index (κ3) is 5.05. The number of rotatable bonds is 6. The highest BCUT2D eigenvalue weighted by molar-refractivity contribution is 5.92. The van der Waals surface area contributed by atoms with Gasteiger partial charge in [0.25, 0.3) is 5.91 Å². The van der Waals surface area contributed by atoms with E-state index in [1.54, 1.807) is 24.4 Å². The first-order chi connectivity index (χ1) is 12.7. The molecule has 1 fully saturated rings. The molecule has 6 nitrogen and oxygen atoms in total. The SMILES string of the molecule is O=C(NC1CCN(C(=O)CCOc2ccccc2)CC1)c1ccccn1. The summed E-state index contributed by atoms with van der Waals surface area (Å²) in [6.45, 7) is 1.67. The van der Waals surface area contributed by atoms with E-state index >= 15 is 0 Å². The van der Waals surface area contributed by atoms with Crippen molar-refractivity contribution < 1.29 is 14.3 Å². The van der Waals surface area contributed by atoms with E-state index in [1.807, 2.05) is 35.2 Å². The van der Waals surface area contributed by atoms with Crippen molar-refractivity contribution in [2.45, 2.75) is 25.3 Å². The summed E-state index contributed by atoms with van der Waals surface area (Å²) in [7, 11) is 0. The van der Waals surface area contributed by atoms with Crippen molar-refractivity contribution in [1.82, 2.24) is 15.2 Å². The minimum atomic E-state index is -0.161. The summed E-state index contributed by atoms with van der Waals surface area (Å²) in [5.41, 5.74) is 0.420. The zero-order valence-corrected chi connectivity index (χ0v) is 14.6. The topological polar surface area (TPSA) is 71.5 Å². The van der Waals surface area contributed by atoms with Crippen molar-refractivity contribution in [3.05, 3.63) is 60.4 Å². The molecule has 2 aromatic rings. The Morgan fingerprint density at radius 3 is 2.50 bits per heavy atom. The minimum Gasteiger partial charge on any atom is -0.493 e. The smallest absolute Gasteiger partial charge is 0.270 e. The predicted octanol–water partition coefficient (Wildman–Crippen LogP) is 2.27. The molecule has 0 saturated carbocycles. The van der Waals surface area contributed by atoms with Crippen LogP contribution in [-0.2, 0) is 4.79 Å². The maximum atomic E-state index is 12.3. The summed E-state index contributed by atoms with van der Waals surface area (Å²) in [5, 5.41) is 3.00. The Hall–Kier alpha value is -2.89. The molecular formula is C20H23N3O3. The Morgan fingerprint density at radius 1 is 1.08 bits per heavy atom. The number of ether oxygens (including phenoxy) is 1. The van der Waals surface area contributed by atoms with Gasteiger partial charge in [-0.05, 0) is 37.1 Å². The van der Waals surface area contributed by atoms with Crippen LogP contribution in [0.3, 0.4) is 0 Å². The highest BCUT2D eigenvalue weighted by Gasteiger charge is 2.24. The van der Waals surface area contributed by atoms with E-state index in [4.69, 9.17) is 4.74 Å². The molecule has 0 radical (unpaired) electrons. The second kappa shape index (κ2) is 8.99. The average molecular weight is 353 g/mol. The molecule has 0 atom stereocenters. The molecule has 1 aliphatic heterocycles. The van der Waals surface area contributed by atoms with E-state index < -0.39 is 0 Å². The maximum Gasteiger partial charge on any atom is 0.270 e. The lowest BCUT2D eigenvalue weighted by molar-refractivity contribution is -0.132. The molecule has 1 N–H and O–H groups in total. The average Bonchev–Trinajstić information content (AvgIpc) is 2.70. The molecule has 3 rings (SSSR count). The fourth-order valence-corrected chi connectivity index (χ4v) is 2.96. The van der Waals surface area contributed by atoms with Crippen LogP contribution < -0.4 is 10.1 Å². The first-order valence-corrected chi connectivity index (χ1v) is 8.90. The quantitative estimate of drug-likeness (QED) is 0.865. The largest absolute Gasteiger partial charge is 0.493 e. The minimum absolute atomic E-state index is 0.0779. The van der Waals surface area contributed by atoms with Gasteiger partial charge in [-0.25, -0.2) is 0 Å². The lowest BCUT2D eigenvalue weighted by Gasteiger charge is -2.32. The Morgan fingerprint density at radius 2 is 1.81 bits per heavy atom. The van der Waals surface area contributed by atoms with Gasteiger partial charge in [-0.2, -0.15) is 0 Å². The van der Waals surface area contributed by atoms with Gasteiger partial charge in [0.2, 0.25) is 5.91 Å². The number of nitrogens with zero attached hydrogens (tertiary/aromatic N) is 2. The van der Waals surface area contributed by atoms with E-state index in [0.29, 0.717) is 31.8 Å². The number of para-hydroxylation sites is 1. The third-order valence-electron chi connectivity index (χ3n) is 4.41. The van der Waals surface area contributed by atoms with E-state index in [-0.39, 0.29) is 17.9 Å². The van der Waals surface area contributed by atoms with Crippen molar-refractivity contribution in [2.75, 3.05) is 19.7 Å². The van der Waals surface area contributed by atoms with Crippen molar-refractivity contribution in [3.63, 3.8) is 0 Å². The fraction of sp³-hybridized carbons (Fsp3) is 0.350. The Bertz CT molecular complexity index is 714. The van der Waals surface area contributed by atoms with Crippen molar-refractivity contribution in [1.29, 1.82) is 0 Å². The molecule has 0 unspecified atom stereocenters. The van der Waals surface area contributed by atoms with Crippen LogP contribution in [0.4, 0.5) is 0 Å². The molecule has 0 aliphatic carbocycles. The second-order valence-corrected chi connectivity index (χ2v) is 6.26. The number of likely N-dealkylation sites (tertiary alicyclic amines) is 1. The van der Waals surface area contributed by atoms with Gasteiger partial charge in [0, 0.05) is 25.3 Å². The van der Waals surface area contributed by atoms with Gasteiger partial charge in [0.1, 0.15) is 11.4 Å². The predicted molar refractivity (Wildman–Crippen MR) is 97.9 cm³/mol. The van der Waals surface area contributed by atoms with Gasteiger partial charge in [-0.15, -0.1) is 0 Å². The lowest BCUT2D eigenvalue weighted by atomic mass is 10.0. The van der Waals surface area contributed by atoms with Crippen LogP contribution in [0, 0.1) is 0 Å². The normalized spacial score (nSPS) is 14.7. The molecule has 0 spiro atoms. The zero-order valence-electron chi connectivity index (χ0n) is 14.6. The van der Waals surface area contributed by atoms with Gasteiger partial charge >= 0.3 is 0 Å². The summed E-state index contributed by atoms with van der Waals surface area (Å²) in [6, 6.07) is 14.8. The van der Waals surface area contributed by atoms with Crippen LogP contribution >= 0.6 is 0 Å². The van der Waals surface area contributed by atoms with Crippen molar-refractivity contribution >= 4 is 11.8 Å². The van der Waals surface area contributed by atoms with E-state index in [1.165, 1.54) is 0 Å². The molecular weight excluding hydrogens is 330 g/mol. The Balaban J connectivity index is 1.37. The summed E-state index contributed by atoms with van der Waals surface area (Å²) >= 11 is 0. The summed E-state index contributed by atoms with van der Waals surface area (Å²) in [4.78, 5) is 30.3. The van der Waals surface area contributed by atoms with Crippen LogP contribution in [0.5, 0.6) is 5.75 Å². The Labute approximate surface area is 153 Å². The number of nitrogens with one attached hydrogen (secondary N) is 1. The number of benzene rings is 1. The summed E-state index contributed by atoms with van der Waals surface area (Å²) < 4.78 is 5.58. The fourth-order valence-electron chi connectivity index (χ4n) is 2.96. The van der Waals surface area contributed by atoms with Crippen molar-refractivity contribution in [3.8, 4) is 5.75 Å². The van der Waals surface area contributed by atoms with E-state index in [2.05, 4.69) is 10.3 Å². The number of hydrogen-bond donors (Lipinski definition) is 1. The zero-order chi connectivity index (χ0) is 18.2. The van der Waals surface area contributed by atoms with Crippen LogP contribution in [0.2, 0.25) is 0 Å². The lowest BCUT2D eigenvalue weighted by Crippen LogP contribution is -2.46. The van der Waals surface area contributed by atoms with Crippen LogP contribution in [-0.4, -0.2) is 47.4 Å². The number of aromatic nitrogens is 1. The number of amides is 2. The van der Waals surface area contributed by atoms with E-state index in [0.717, 1.165) is 18.6 Å². The number of hydrogen-bond acceptors (Lipinski definition) is 4. The molecule has 6 heteroatoms. The monoisotopic (exact) mass is 353 g/mol. The molecule has 2 amide bonds. The van der Waals surface area contributed by atoms with Crippen LogP contribution in [0.15, 0.2) is 54.7 Å². The summed E-state index contributed by atoms with van der Waals surface area (Å²) in [5.74, 6) is 0.707. The highest BCUT2D eigenvalue weighted by atomic mass is 16.5. The number of piperidine rings is 1. The molecule has 0 bridgehead atoms. The molecule has 136 valence electrons. The number of carbonyl (C=O) groups is 2. The number of carbonyl (C=O) groups excluding carboxylic acids is 2. The standard InChI is InChI=1S/C20H23N3O3/c24-19(11-15-26-17-6-2-1-3-7-17)23-13-9-16(10-14-23)22-20(25)18-8-4-5-12-21-18/h1-8,12,16H,9-11,13-15H2,(H,22,25). The number of pyridine rings is 1. The molecule has 1 saturated heterocycles. The molecule has 1 aliphatic rings. The molecule has 26 heavy (non-hydrogen) atoms. The van der Waals surface area contributed by atoms with Gasteiger partial charge in [-0.3, -0.25) is 14.6 Å². The maximum absolute atomic E-state index is 12.3. The first kappa shape index (κ1) is 17.9. The van der Waals surface area contributed by atoms with Gasteiger partial charge < -0.3 is 15.0 Å². The first-order valence-electron chi connectivity index (χ1n) is 8.90. The Kier molecular flexibility index (Phi) is 6.19. The molecule has 2 heterocycles. The van der Waals surface area contributed by atoms with Crippen LogP contribution in [0.1, 0.15) is 29.8 Å². The van der Waals surface area contributed by atoms with Gasteiger partial charge in [0.05, 0.1) is 13.0 Å².